The maximum atomic E-state index is 12.5. The van der Waals surface area contributed by atoms with Crippen molar-refractivity contribution in [2.75, 3.05) is 19.0 Å². The number of nitrogens with one attached hydrogen (secondary N) is 1. The van der Waals surface area contributed by atoms with Gasteiger partial charge in [0.2, 0.25) is 11.4 Å². The average Bonchev–Trinajstić information content (AvgIpc) is 2.39. The molecule has 0 fully saturated rings. The highest BCUT2D eigenvalue weighted by Crippen LogP contribution is 2.31. The summed E-state index contributed by atoms with van der Waals surface area (Å²) in [6, 6.07) is 7.17. The van der Waals surface area contributed by atoms with Crippen molar-refractivity contribution in [3.05, 3.63) is 29.8 Å². The van der Waals surface area contributed by atoms with Crippen LogP contribution in [0.3, 0.4) is 0 Å². The predicted octanol–water partition coefficient (Wildman–Crippen LogP) is 1.91. The first kappa shape index (κ1) is 12.8. The fourth-order valence-corrected chi connectivity index (χ4v) is 2.28. The number of ether oxygens (including phenoxy) is 1. The molecule has 1 aromatic carbocycles. The standard InChI is InChI=1S/C14H17NO3/c1-9(2)12(16)14(18-3)8-15-11-7-5-4-6-10(11)13(14)17/h4-7,9,15H,8H2,1-3H3. The number of Topliss-reactive ketones (excluding diaryl/α,β-unsaturated/α-hetero) is 2. The molecule has 0 radical (unpaired) electrons. The lowest BCUT2D eigenvalue weighted by Gasteiger charge is -2.35. The summed E-state index contributed by atoms with van der Waals surface area (Å²) in [6.07, 6.45) is 0. The maximum Gasteiger partial charge on any atom is 0.206 e. The minimum absolute atomic E-state index is 0.183. The van der Waals surface area contributed by atoms with E-state index < -0.39 is 5.60 Å². The maximum absolute atomic E-state index is 12.5. The number of carbonyl (C=O) groups is 2. The molecule has 1 aliphatic heterocycles. The molecule has 1 aliphatic rings. The average molecular weight is 247 g/mol. The summed E-state index contributed by atoms with van der Waals surface area (Å²) in [5.74, 6) is -0.684. The highest BCUT2D eigenvalue weighted by Gasteiger charge is 2.49. The van der Waals surface area contributed by atoms with Crippen LogP contribution in [0.25, 0.3) is 0 Å². The molecular formula is C14H17NO3. The van der Waals surface area contributed by atoms with Crippen molar-refractivity contribution in [3.8, 4) is 0 Å². The normalized spacial score (nSPS) is 22.6. The fourth-order valence-electron chi connectivity index (χ4n) is 2.28. The van der Waals surface area contributed by atoms with Crippen LogP contribution in [0.15, 0.2) is 24.3 Å². The number of rotatable bonds is 3. The van der Waals surface area contributed by atoms with E-state index in [1.807, 2.05) is 12.1 Å². The molecule has 4 heteroatoms. The van der Waals surface area contributed by atoms with Gasteiger partial charge in [-0.2, -0.15) is 0 Å². The minimum atomic E-state index is -1.39. The van der Waals surface area contributed by atoms with Gasteiger partial charge in [-0.3, -0.25) is 9.59 Å². The molecule has 4 nitrogen and oxygen atoms in total. The van der Waals surface area contributed by atoms with Gasteiger partial charge in [-0.15, -0.1) is 0 Å². The molecule has 1 unspecified atom stereocenters. The second kappa shape index (κ2) is 4.53. The zero-order valence-corrected chi connectivity index (χ0v) is 10.8. The summed E-state index contributed by atoms with van der Waals surface area (Å²) >= 11 is 0. The van der Waals surface area contributed by atoms with Crippen molar-refractivity contribution >= 4 is 17.3 Å². The van der Waals surface area contributed by atoms with E-state index >= 15 is 0 Å². The topological polar surface area (TPSA) is 55.4 Å². The molecule has 0 aliphatic carbocycles. The quantitative estimate of drug-likeness (QED) is 0.829. The third-order valence-electron chi connectivity index (χ3n) is 3.34. The summed E-state index contributed by atoms with van der Waals surface area (Å²) < 4.78 is 5.31. The van der Waals surface area contributed by atoms with Crippen LogP contribution in [-0.4, -0.2) is 30.8 Å². The highest BCUT2D eigenvalue weighted by atomic mass is 16.5. The van der Waals surface area contributed by atoms with E-state index in [2.05, 4.69) is 5.32 Å². The second-order valence-electron chi connectivity index (χ2n) is 4.78. The van der Waals surface area contributed by atoms with Crippen LogP contribution in [0, 0.1) is 5.92 Å². The first-order valence-corrected chi connectivity index (χ1v) is 6.00. The van der Waals surface area contributed by atoms with Crippen LogP contribution in [0.4, 0.5) is 5.69 Å². The predicted molar refractivity (Wildman–Crippen MR) is 68.8 cm³/mol. The number of anilines is 1. The van der Waals surface area contributed by atoms with Crippen LogP contribution in [0.2, 0.25) is 0 Å². The van der Waals surface area contributed by atoms with Crippen LogP contribution >= 0.6 is 0 Å². The first-order valence-electron chi connectivity index (χ1n) is 6.00. The van der Waals surface area contributed by atoms with Gasteiger partial charge in [-0.25, -0.2) is 0 Å². The Morgan fingerprint density at radius 3 is 2.67 bits per heavy atom. The number of ketones is 2. The molecule has 1 heterocycles. The van der Waals surface area contributed by atoms with Crippen molar-refractivity contribution in [1.29, 1.82) is 0 Å². The van der Waals surface area contributed by atoms with Gasteiger partial charge in [0, 0.05) is 24.3 Å². The summed E-state index contributed by atoms with van der Waals surface area (Å²) in [6.45, 7) is 3.74. The van der Waals surface area contributed by atoms with Crippen LogP contribution in [0.1, 0.15) is 24.2 Å². The SMILES string of the molecule is COC1(C(=O)C(C)C)CNc2ccccc2C1=O. The second-order valence-corrected chi connectivity index (χ2v) is 4.78. The largest absolute Gasteiger partial charge is 0.381 e. The molecule has 0 saturated carbocycles. The Morgan fingerprint density at radius 2 is 2.06 bits per heavy atom. The van der Waals surface area contributed by atoms with E-state index in [0.717, 1.165) is 5.69 Å². The molecule has 1 aromatic rings. The molecule has 0 spiro atoms. The molecule has 1 N–H and O–H groups in total. The molecule has 0 bridgehead atoms. The van der Waals surface area contributed by atoms with Crippen molar-refractivity contribution in [3.63, 3.8) is 0 Å². The lowest BCUT2D eigenvalue weighted by atomic mass is 9.81. The Morgan fingerprint density at radius 1 is 1.39 bits per heavy atom. The molecule has 2 rings (SSSR count). The van der Waals surface area contributed by atoms with Gasteiger partial charge >= 0.3 is 0 Å². The summed E-state index contributed by atoms with van der Waals surface area (Å²) in [4.78, 5) is 24.8. The molecule has 0 saturated heterocycles. The number of hydrogen-bond acceptors (Lipinski definition) is 4. The van der Waals surface area contributed by atoms with Gasteiger partial charge in [0.1, 0.15) is 0 Å². The number of fused-ring (bicyclic) bond motifs is 1. The lowest BCUT2D eigenvalue weighted by Crippen LogP contribution is -2.57. The van der Waals surface area contributed by atoms with Gasteiger partial charge in [0.05, 0.1) is 6.54 Å². The minimum Gasteiger partial charge on any atom is -0.381 e. The summed E-state index contributed by atoms with van der Waals surface area (Å²) in [5.41, 5.74) is -0.117. The molecule has 0 amide bonds. The van der Waals surface area contributed by atoms with E-state index in [0.29, 0.717) is 5.56 Å². The van der Waals surface area contributed by atoms with Crippen LogP contribution < -0.4 is 5.32 Å². The van der Waals surface area contributed by atoms with E-state index in [1.165, 1.54) is 7.11 Å². The van der Waals surface area contributed by atoms with Gasteiger partial charge in [0.15, 0.2) is 5.78 Å². The van der Waals surface area contributed by atoms with Gasteiger partial charge in [0.25, 0.3) is 0 Å². The van der Waals surface area contributed by atoms with Crippen LogP contribution in [-0.2, 0) is 9.53 Å². The molecule has 0 aromatic heterocycles. The van der Waals surface area contributed by atoms with Crippen molar-refractivity contribution in [2.24, 2.45) is 5.92 Å². The van der Waals surface area contributed by atoms with E-state index in [1.54, 1.807) is 26.0 Å². The molecule has 1 atom stereocenters. The number of benzene rings is 1. The number of hydrogen-bond donors (Lipinski definition) is 1. The Kier molecular flexibility index (Phi) is 3.22. The zero-order chi connectivity index (χ0) is 13.3. The van der Waals surface area contributed by atoms with Crippen LogP contribution in [0.5, 0.6) is 0 Å². The van der Waals surface area contributed by atoms with E-state index in [-0.39, 0.29) is 24.0 Å². The zero-order valence-electron chi connectivity index (χ0n) is 10.8. The van der Waals surface area contributed by atoms with E-state index in [9.17, 15) is 9.59 Å². The molecule has 96 valence electrons. The van der Waals surface area contributed by atoms with Gasteiger partial charge in [-0.1, -0.05) is 26.0 Å². The summed E-state index contributed by atoms with van der Waals surface area (Å²) in [7, 11) is 1.41. The Bertz CT molecular complexity index is 496. The molecule has 18 heavy (non-hydrogen) atoms. The number of methoxy groups -OCH3 is 1. The number of carbonyl (C=O) groups excluding carboxylic acids is 2. The fraction of sp³-hybridized carbons (Fsp3) is 0.429. The Hall–Kier alpha value is -1.68. The van der Waals surface area contributed by atoms with Gasteiger partial charge in [-0.05, 0) is 12.1 Å². The van der Waals surface area contributed by atoms with Crippen molar-refractivity contribution in [1.82, 2.24) is 0 Å². The third-order valence-corrected chi connectivity index (χ3v) is 3.34. The number of para-hydroxylation sites is 1. The smallest absolute Gasteiger partial charge is 0.206 e. The Balaban J connectivity index is 2.48. The lowest BCUT2D eigenvalue weighted by molar-refractivity contribution is -0.137. The third kappa shape index (κ3) is 1.73. The first-order chi connectivity index (χ1) is 8.53. The monoisotopic (exact) mass is 247 g/mol. The van der Waals surface area contributed by atoms with Crippen molar-refractivity contribution in [2.45, 2.75) is 19.4 Å². The Labute approximate surface area is 106 Å². The highest BCUT2D eigenvalue weighted by molar-refractivity contribution is 6.21. The van der Waals surface area contributed by atoms with Crippen molar-refractivity contribution < 1.29 is 14.3 Å². The van der Waals surface area contributed by atoms with Gasteiger partial charge < -0.3 is 10.1 Å². The van der Waals surface area contributed by atoms with E-state index in [4.69, 9.17) is 4.74 Å². The molecular weight excluding hydrogens is 230 g/mol. The summed E-state index contributed by atoms with van der Waals surface area (Å²) in [5, 5.41) is 3.10.